The maximum atomic E-state index is 13.3. The third-order valence-corrected chi connectivity index (χ3v) is 11.9. The zero-order chi connectivity index (χ0) is 37.9. The van der Waals surface area contributed by atoms with Gasteiger partial charge in [-0.25, -0.2) is 0 Å². The predicted molar refractivity (Wildman–Crippen MR) is 235 cm³/mol. The number of aryl methyl sites for hydroxylation is 4. The first-order chi connectivity index (χ1) is 26.0. The monoisotopic (exact) mass is 790 g/mol. The molecule has 5 aromatic carbocycles. The molecule has 0 bridgehead atoms. The van der Waals surface area contributed by atoms with E-state index in [1.54, 1.807) is 0 Å². The molecular formula is C48H56Cl2N4O2. The van der Waals surface area contributed by atoms with E-state index in [2.05, 4.69) is 124 Å². The van der Waals surface area contributed by atoms with Gasteiger partial charge in [-0.2, -0.15) is 0 Å². The number of hydrogen-bond acceptors (Lipinski definition) is 4. The molecule has 0 unspecified atom stereocenters. The van der Waals surface area contributed by atoms with Crippen molar-refractivity contribution in [1.29, 1.82) is 0 Å². The van der Waals surface area contributed by atoms with Crippen LogP contribution in [0.1, 0.15) is 65.2 Å². The molecule has 2 aliphatic heterocycles. The minimum Gasteiger partial charge on any atom is -0.336 e. The Bertz CT molecular complexity index is 1930. The quantitative estimate of drug-likeness (QED) is 0.157. The summed E-state index contributed by atoms with van der Waals surface area (Å²) in [7, 11) is 0. The van der Waals surface area contributed by atoms with E-state index in [0.717, 1.165) is 87.7 Å². The minimum absolute atomic E-state index is 0. The summed E-state index contributed by atoms with van der Waals surface area (Å²) in [5.74, 6) is 0.231. The fourth-order valence-electron chi connectivity index (χ4n) is 7.86. The van der Waals surface area contributed by atoms with E-state index >= 15 is 0 Å². The highest BCUT2D eigenvalue weighted by atomic mass is 35.5. The van der Waals surface area contributed by atoms with Gasteiger partial charge in [0.2, 0.25) is 0 Å². The molecule has 8 heteroatoms. The van der Waals surface area contributed by atoms with Crippen molar-refractivity contribution in [3.05, 3.63) is 153 Å². The van der Waals surface area contributed by atoms with Gasteiger partial charge in [-0.1, -0.05) is 72.8 Å². The minimum atomic E-state index is 0. The summed E-state index contributed by atoms with van der Waals surface area (Å²) in [6.45, 7) is 21.1. The van der Waals surface area contributed by atoms with Crippen molar-refractivity contribution in [2.45, 2.75) is 54.6 Å². The molecule has 5 aromatic rings. The Morgan fingerprint density at radius 1 is 0.411 bits per heavy atom. The molecule has 2 fully saturated rings. The maximum Gasteiger partial charge on any atom is 0.253 e. The molecule has 0 spiro atoms. The van der Waals surface area contributed by atoms with Crippen LogP contribution in [-0.4, -0.2) is 83.8 Å². The largest absolute Gasteiger partial charge is 0.336 e. The number of carbonyl (C=O) groups is 2. The summed E-state index contributed by atoms with van der Waals surface area (Å²) in [6, 6.07) is 34.1. The van der Waals surface area contributed by atoms with Gasteiger partial charge in [0.25, 0.3) is 11.8 Å². The number of piperazine rings is 2. The highest BCUT2D eigenvalue weighted by molar-refractivity contribution is 5.95. The maximum absolute atomic E-state index is 13.3. The molecule has 294 valence electrons. The van der Waals surface area contributed by atoms with E-state index in [4.69, 9.17) is 0 Å². The molecule has 56 heavy (non-hydrogen) atoms. The van der Waals surface area contributed by atoms with Crippen molar-refractivity contribution in [2.24, 2.45) is 0 Å². The van der Waals surface area contributed by atoms with Gasteiger partial charge in [0.1, 0.15) is 0 Å². The lowest BCUT2D eigenvalue weighted by atomic mass is 9.96. The number of halogens is 2. The third kappa shape index (κ3) is 9.73. The van der Waals surface area contributed by atoms with Crippen LogP contribution in [0.3, 0.4) is 0 Å². The van der Waals surface area contributed by atoms with Crippen molar-refractivity contribution in [3.8, 4) is 22.3 Å². The van der Waals surface area contributed by atoms with Gasteiger partial charge in [-0.15, -0.1) is 24.8 Å². The van der Waals surface area contributed by atoms with Gasteiger partial charge >= 0.3 is 0 Å². The third-order valence-electron chi connectivity index (χ3n) is 11.9. The normalized spacial score (nSPS) is 14.9. The fourth-order valence-corrected chi connectivity index (χ4v) is 7.86. The van der Waals surface area contributed by atoms with Crippen LogP contribution in [0, 0.1) is 41.5 Å². The van der Waals surface area contributed by atoms with E-state index in [1.807, 2.05) is 34.1 Å². The molecule has 2 aliphatic rings. The second kappa shape index (κ2) is 18.7. The summed E-state index contributed by atoms with van der Waals surface area (Å²) in [5, 5.41) is 0. The molecule has 2 heterocycles. The van der Waals surface area contributed by atoms with Crippen molar-refractivity contribution >= 4 is 36.6 Å². The zero-order valence-corrected chi connectivity index (χ0v) is 35.4. The molecular weight excluding hydrogens is 735 g/mol. The first-order valence-electron chi connectivity index (χ1n) is 19.5. The van der Waals surface area contributed by atoms with E-state index in [-0.39, 0.29) is 36.6 Å². The molecule has 6 nitrogen and oxygen atoms in total. The SMILES string of the molecule is Cc1cc(-c2ccc(C(=O)N3CCN(Cc4ccc(CN5CCN(C(=O)c6ccc(-c7cc(C)c(C)c(C)c7)cc6)CC5)cc4)CC3)cc2)cc(C)c1C.Cl.Cl. The average Bonchev–Trinajstić information content (AvgIpc) is 3.19. The standard InChI is InChI=1S/C48H54N4O2.2ClH/c1-33-27-45(28-34(2)37(33)5)41-11-15-43(16-12-41)47(53)51-23-19-49(20-24-51)31-39-7-9-40(10-8-39)32-50-21-25-52(26-22-50)48(54)44-17-13-42(14-18-44)46-29-35(3)38(6)36(4)30-46;;/h7-18,27-30H,19-26,31-32H2,1-6H3;2*1H. The second-order valence-corrected chi connectivity index (χ2v) is 15.6. The lowest BCUT2D eigenvalue weighted by Crippen LogP contribution is -2.48. The van der Waals surface area contributed by atoms with Gasteiger partial charge in [0, 0.05) is 76.6 Å². The lowest BCUT2D eigenvalue weighted by Gasteiger charge is -2.35. The molecule has 2 amide bonds. The summed E-state index contributed by atoms with van der Waals surface area (Å²) in [5.41, 5.74) is 16.6. The van der Waals surface area contributed by atoms with Crippen LogP contribution in [-0.2, 0) is 13.1 Å². The van der Waals surface area contributed by atoms with E-state index in [9.17, 15) is 9.59 Å². The van der Waals surface area contributed by atoms with Crippen LogP contribution in [0.25, 0.3) is 22.3 Å². The zero-order valence-electron chi connectivity index (χ0n) is 33.7. The summed E-state index contributed by atoms with van der Waals surface area (Å²) >= 11 is 0. The smallest absolute Gasteiger partial charge is 0.253 e. The summed E-state index contributed by atoms with van der Waals surface area (Å²) in [6.07, 6.45) is 0. The molecule has 2 saturated heterocycles. The van der Waals surface area contributed by atoms with Crippen LogP contribution in [0.15, 0.2) is 97.1 Å². The van der Waals surface area contributed by atoms with Gasteiger partial charge in [-0.3, -0.25) is 19.4 Å². The van der Waals surface area contributed by atoms with Crippen LogP contribution in [0.5, 0.6) is 0 Å². The average molecular weight is 792 g/mol. The summed E-state index contributed by atoms with van der Waals surface area (Å²) in [4.78, 5) is 35.6. The van der Waals surface area contributed by atoms with E-state index < -0.39 is 0 Å². The highest BCUT2D eigenvalue weighted by Gasteiger charge is 2.24. The van der Waals surface area contributed by atoms with Gasteiger partial charge in [0.15, 0.2) is 0 Å². The first kappa shape index (κ1) is 42.7. The van der Waals surface area contributed by atoms with Crippen molar-refractivity contribution in [3.63, 3.8) is 0 Å². The lowest BCUT2D eigenvalue weighted by molar-refractivity contribution is 0.0620. The number of carbonyl (C=O) groups excluding carboxylic acids is 2. The van der Waals surface area contributed by atoms with Crippen molar-refractivity contribution in [1.82, 2.24) is 19.6 Å². The van der Waals surface area contributed by atoms with E-state index in [1.165, 1.54) is 55.6 Å². The van der Waals surface area contributed by atoms with E-state index in [0.29, 0.717) is 0 Å². The number of benzene rings is 5. The Labute approximate surface area is 346 Å². The van der Waals surface area contributed by atoms with Crippen LogP contribution >= 0.6 is 24.8 Å². The Hall–Kier alpha value is -4.46. The molecule has 0 saturated carbocycles. The number of amides is 2. The van der Waals surface area contributed by atoms with Crippen LogP contribution < -0.4 is 0 Å². The summed E-state index contributed by atoms with van der Waals surface area (Å²) < 4.78 is 0. The van der Waals surface area contributed by atoms with Gasteiger partial charge in [0.05, 0.1) is 0 Å². The predicted octanol–water partition coefficient (Wildman–Crippen LogP) is 9.63. The van der Waals surface area contributed by atoms with Gasteiger partial charge < -0.3 is 9.80 Å². The molecule has 0 aromatic heterocycles. The second-order valence-electron chi connectivity index (χ2n) is 15.6. The molecule has 7 rings (SSSR count). The van der Waals surface area contributed by atoms with Gasteiger partial charge in [-0.05, 0) is 133 Å². The molecule has 0 atom stereocenters. The van der Waals surface area contributed by atoms with Crippen LogP contribution in [0.4, 0.5) is 0 Å². The first-order valence-corrected chi connectivity index (χ1v) is 19.5. The Kier molecular flexibility index (Phi) is 14.2. The molecule has 0 aliphatic carbocycles. The Morgan fingerprint density at radius 3 is 0.982 bits per heavy atom. The number of hydrogen-bond donors (Lipinski definition) is 0. The molecule has 0 radical (unpaired) electrons. The number of nitrogens with zero attached hydrogens (tertiary/aromatic N) is 4. The number of rotatable bonds is 8. The van der Waals surface area contributed by atoms with Crippen LogP contribution in [0.2, 0.25) is 0 Å². The van der Waals surface area contributed by atoms with Crippen molar-refractivity contribution in [2.75, 3.05) is 52.4 Å². The van der Waals surface area contributed by atoms with Crippen molar-refractivity contribution < 1.29 is 9.59 Å². The Morgan fingerprint density at radius 2 is 0.696 bits per heavy atom. The topological polar surface area (TPSA) is 47.1 Å². The fraction of sp³-hybridized carbons (Fsp3) is 0.333. The Balaban J connectivity index is 0.00000300. The molecule has 0 N–H and O–H groups in total. The highest BCUT2D eigenvalue weighted by Crippen LogP contribution is 2.27.